The maximum atomic E-state index is 14.1. The number of nitrogens with one attached hydrogen (secondary N) is 1. The van der Waals surface area contributed by atoms with Crippen LogP contribution in [0.5, 0.6) is 0 Å². The molecule has 4 rings (SSSR count). The van der Waals surface area contributed by atoms with E-state index in [4.69, 9.17) is 0 Å². The van der Waals surface area contributed by atoms with Crippen molar-refractivity contribution >= 4 is 43.5 Å². The molecule has 0 radical (unpaired) electrons. The molecule has 3 aromatic rings. The second-order valence-electron chi connectivity index (χ2n) is 10.8. The summed E-state index contributed by atoms with van der Waals surface area (Å²) >= 11 is 3.44. The summed E-state index contributed by atoms with van der Waals surface area (Å²) in [7, 11) is -4.08. The molecule has 218 valence electrons. The van der Waals surface area contributed by atoms with Crippen molar-refractivity contribution in [1.29, 1.82) is 0 Å². The summed E-state index contributed by atoms with van der Waals surface area (Å²) in [5.74, 6) is -0.692. The van der Waals surface area contributed by atoms with Crippen LogP contribution in [0.15, 0.2) is 82.2 Å². The highest BCUT2D eigenvalue weighted by atomic mass is 79.9. The lowest BCUT2D eigenvalue weighted by Crippen LogP contribution is -2.53. The summed E-state index contributed by atoms with van der Waals surface area (Å²) in [5.41, 5.74) is 3.02. The van der Waals surface area contributed by atoms with Gasteiger partial charge in [-0.3, -0.25) is 13.9 Å². The van der Waals surface area contributed by atoms with Gasteiger partial charge >= 0.3 is 0 Å². The summed E-state index contributed by atoms with van der Waals surface area (Å²) in [6.45, 7) is 5.19. The SMILES string of the molecule is Cc1ccc(S(=O)(=O)N(CC(=O)N(Cc2ccc(Br)cc2)[C@H](C)C(=O)NC2CCCCC2)c2cccc(C)c2)cc1. The molecule has 9 heteroatoms. The summed E-state index contributed by atoms with van der Waals surface area (Å²) < 4.78 is 29.9. The average molecular weight is 641 g/mol. The first kappa shape index (κ1) is 30.8. The number of hydrogen-bond donors (Lipinski definition) is 1. The number of halogens is 1. The Morgan fingerprint density at radius 3 is 2.22 bits per heavy atom. The zero-order chi connectivity index (χ0) is 29.6. The Labute approximate surface area is 252 Å². The summed E-state index contributed by atoms with van der Waals surface area (Å²) in [5, 5.41) is 3.13. The van der Waals surface area contributed by atoms with Gasteiger partial charge in [0.1, 0.15) is 12.6 Å². The van der Waals surface area contributed by atoms with Crippen molar-refractivity contribution in [1.82, 2.24) is 10.2 Å². The van der Waals surface area contributed by atoms with Gasteiger partial charge in [-0.25, -0.2) is 8.42 Å². The molecule has 3 aromatic carbocycles. The lowest BCUT2D eigenvalue weighted by atomic mass is 9.95. The number of benzene rings is 3. The Hall–Kier alpha value is -3.17. The predicted molar refractivity (Wildman–Crippen MR) is 166 cm³/mol. The van der Waals surface area contributed by atoms with Crippen LogP contribution in [-0.2, 0) is 26.2 Å². The smallest absolute Gasteiger partial charge is 0.264 e. The van der Waals surface area contributed by atoms with E-state index in [0.29, 0.717) is 5.69 Å². The molecule has 0 bridgehead atoms. The largest absolute Gasteiger partial charge is 0.352 e. The number of rotatable bonds is 10. The number of carbonyl (C=O) groups is 2. The zero-order valence-corrected chi connectivity index (χ0v) is 26.2. The Morgan fingerprint density at radius 1 is 0.927 bits per heavy atom. The van der Waals surface area contributed by atoms with Gasteiger partial charge in [0.05, 0.1) is 10.6 Å². The molecule has 0 unspecified atom stereocenters. The molecule has 0 saturated heterocycles. The number of carbonyl (C=O) groups excluding carboxylic acids is 2. The maximum Gasteiger partial charge on any atom is 0.264 e. The number of hydrogen-bond acceptors (Lipinski definition) is 4. The highest BCUT2D eigenvalue weighted by Crippen LogP contribution is 2.26. The number of aryl methyl sites for hydroxylation is 2. The normalized spacial score (nSPS) is 14.7. The monoisotopic (exact) mass is 639 g/mol. The second-order valence-corrected chi connectivity index (χ2v) is 13.6. The lowest BCUT2D eigenvalue weighted by Gasteiger charge is -2.33. The van der Waals surface area contributed by atoms with E-state index in [9.17, 15) is 18.0 Å². The number of amides is 2. The first-order valence-electron chi connectivity index (χ1n) is 14.0. The molecule has 1 aliphatic carbocycles. The van der Waals surface area contributed by atoms with E-state index in [-0.39, 0.29) is 23.4 Å². The Balaban J connectivity index is 1.67. The van der Waals surface area contributed by atoms with E-state index in [1.165, 1.54) is 11.3 Å². The van der Waals surface area contributed by atoms with E-state index in [0.717, 1.165) is 51.2 Å². The van der Waals surface area contributed by atoms with Gasteiger partial charge in [0.25, 0.3) is 10.0 Å². The van der Waals surface area contributed by atoms with Gasteiger partial charge in [-0.1, -0.05) is 77.2 Å². The minimum Gasteiger partial charge on any atom is -0.352 e. The molecule has 0 aliphatic heterocycles. The van der Waals surface area contributed by atoms with Crippen molar-refractivity contribution in [3.63, 3.8) is 0 Å². The van der Waals surface area contributed by atoms with E-state index >= 15 is 0 Å². The molecule has 1 saturated carbocycles. The Morgan fingerprint density at radius 2 is 1.59 bits per heavy atom. The molecule has 2 amide bonds. The topological polar surface area (TPSA) is 86.8 Å². The molecule has 1 fully saturated rings. The van der Waals surface area contributed by atoms with Crippen LogP contribution in [0.25, 0.3) is 0 Å². The molecule has 1 atom stereocenters. The first-order valence-corrected chi connectivity index (χ1v) is 16.3. The van der Waals surface area contributed by atoms with E-state index in [1.807, 2.05) is 44.2 Å². The van der Waals surface area contributed by atoms with Crippen LogP contribution in [0.3, 0.4) is 0 Å². The highest BCUT2D eigenvalue weighted by molar-refractivity contribution is 9.10. The second kappa shape index (κ2) is 13.7. The van der Waals surface area contributed by atoms with Crippen LogP contribution < -0.4 is 9.62 Å². The minimum atomic E-state index is -4.08. The highest BCUT2D eigenvalue weighted by Gasteiger charge is 2.33. The molecule has 7 nitrogen and oxygen atoms in total. The Bertz CT molecular complexity index is 1450. The number of nitrogens with zero attached hydrogens (tertiary/aromatic N) is 2. The third-order valence-corrected chi connectivity index (χ3v) is 9.88. The van der Waals surface area contributed by atoms with Crippen molar-refractivity contribution in [2.75, 3.05) is 10.8 Å². The molecule has 0 heterocycles. The van der Waals surface area contributed by atoms with Gasteiger partial charge in [0.2, 0.25) is 11.8 Å². The number of anilines is 1. The fourth-order valence-corrected chi connectivity index (χ4v) is 6.76. The standard InChI is InChI=1S/C32H38BrN3O4S/c1-23-12-18-30(19-13-23)41(39,40)36(29-11-7-8-24(2)20-29)22-31(37)35(21-26-14-16-27(33)17-15-26)25(3)32(38)34-28-9-5-4-6-10-28/h7-8,11-20,25,28H,4-6,9-10,21-22H2,1-3H3,(H,34,38)/t25-/m1/s1. The third kappa shape index (κ3) is 7.98. The van der Waals surface area contributed by atoms with Gasteiger partial charge in [-0.15, -0.1) is 0 Å². The van der Waals surface area contributed by atoms with Gasteiger partial charge in [0.15, 0.2) is 0 Å². The van der Waals surface area contributed by atoms with Gasteiger partial charge in [-0.2, -0.15) is 0 Å². The molecule has 1 aliphatic rings. The average Bonchev–Trinajstić information content (AvgIpc) is 2.95. The minimum absolute atomic E-state index is 0.0917. The van der Waals surface area contributed by atoms with Crippen LogP contribution in [0.4, 0.5) is 5.69 Å². The van der Waals surface area contributed by atoms with Crippen LogP contribution >= 0.6 is 15.9 Å². The van der Waals surface area contributed by atoms with Crippen molar-refractivity contribution in [2.24, 2.45) is 0 Å². The van der Waals surface area contributed by atoms with Crippen molar-refractivity contribution in [3.8, 4) is 0 Å². The van der Waals surface area contributed by atoms with Crippen molar-refractivity contribution in [2.45, 2.75) is 76.4 Å². The van der Waals surface area contributed by atoms with Crippen molar-refractivity contribution < 1.29 is 18.0 Å². The third-order valence-electron chi connectivity index (χ3n) is 7.56. The lowest BCUT2D eigenvalue weighted by molar-refractivity contribution is -0.139. The van der Waals surface area contributed by atoms with Gasteiger partial charge in [0, 0.05) is 17.1 Å². The zero-order valence-electron chi connectivity index (χ0n) is 23.8. The van der Waals surface area contributed by atoms with Crippen LogP contribution in [-0.4, -0.2) is 43.8 Å². The molecule has 1 N–H and O–H groups in total. The molecule has 0 aromatic heterocycles. The predicted octanol–water partition coefficient (Wildman–Crippen LogP) is 6.13. The maximum absolute atomic E-state index is 14.1. The van der Waals surface area contributed by atoms with Crippen LogP contribution in [0.1, 0.15) is 55.7 Å². The number of sulfonamides is 1. The molecular formula is C32H38BrN3O4S. The quantitative estimate of drug-likeness (QED) is 0.289. The van der Waals surface area contributed by atoms with E-state index < -0.39 is 28.5 Å². The molecule has 41 heavy (non-hydrogen) atoms. The van der Waals surface area contributed by atoms with Gasteiger partial charge in [-0.05, 0) is 81.1 Å². The van der Waals surface area contributed by atoms with Crippen LogP contribution in [0.2, 0.25) is 0 Å². The fraction of sp³-hybridized carbons (Fsp3) is 0.375. The summed E-state index contributed by atoms with van der Waals surface area (Å²) in [6, 6.07) is 20.5. The first-order chi connectivity index (χ1) is 19.5. The van der Waals surface area contributed by atoms with E-state index in [2.05, 4.69) is 21.2 Å². The van der Waals surface area contributed by atoms with E-state index in [1.54, 1.807) is 49.4 Å². The molecular weight excluding hydrogens is 602 g/mol. The van der Waals surface area contributed by atoms with Crippen molar-refractivity contribution in [3.05, 3.63) is 94.0 Å². The fourth-order valence-electron chi connectivity index (χ4n) is 5.09. The van der Waals surface area contributed by atoms with Crippen LogP contribution in [0, 0.1) is 13.8 Å². The molecule has 0 spiro atoms. The summed E-state index contributed by atoms with van der Waals surface area (Å²) in [4.78, 5) is 29.1. The van der Waals surface area contributed by atoms with Gasteiger partial charge < -0.3 is 10.2 Å². The Kier molecular flexibility index (Phi) is 10.3. The summed E-state index contributed by atoms with van der Waals surface area (Å²) in [6.07, 6.45) is 5.16.